The molecular weight excluding hydrogens is 290 g/mol. The second kappa shape index (κ2) is 7.15. The van der Waals surface area contributed by atoms with Crippen LogP contribution in [0.5, 0.6) is 0 Å². The SMILES string of the molecule is CC(C)(C)OC1C(CO)OC(C(C)(C)C)C(NCS)C1O. The van der Waals surface area contributed by atoms with Gasteiger partial charge in [0.25, 0.3) is 0 Å². The Labute approximate surface area is 133 Å². The highest BCUT2D eigenvalue weighted by atomic mass is 32.1. The number of aliphatic hydroxyl groups is 2. The van der Waals surface area contributed by atoms with Crippen LogP contribution >= 0.6 is 12.6 Å². The molecule has 0 aliphatic carbocycles. The molecule has 0 aromatic heterocycles. The third-order valence-corrected chi connectivity index (χ3v) is 3.75. The molecule has 5 unspecified atom stereocenters. The molecule has 0 aromatic rings. The maximum absolute atomic E-state index is 10.7. The Hall–Kier alpha value is 0.150. The van der Waals surface area contributed by atoms with E-state index >= 15 is 0 Å². The minimum absolute atomic E-state index is 0.179. The lowest BCUT2D eigenvalue weighted by Gasteiger charge is -2.50. The predicted octanol–water partition coefficient (Wildman–Crippen LogP) is 1.18. The summed E-state index contributed by atoms with van der Waals surface area (Å²) < 4.78 is 12.0. The molecule has 21 heavy (non-hydrogen) atoms. The lowest BCUT2D eigenvalue weighted by molar-refractivity contribution is -0.250. The van der Waals surface area contributed by atoms with E-state index in [0.717, 1.165) is 0 Å². The van der Waals surface area contributed by atoms with Gasteiger partial charge in [-0.1, -0.05) is 20.8 Å². The smallest absolute Gasteiger partial charge is 0.114 e. The van der Waals surface area contributed by atoms with E-state index in [-0.39, 0.29) is 24.2 Å². The maximum Gasteiger partial charge on any atom is 0.114 e. The fourth-order valence-electron chi connectivity index (χ4n) is 2.73. The minimum atomic E-state index is -0.772. The van der Waals surface area contributed by atoms with Crippen molar-refractivity contribution >= 4 is 12.6 Å². The molecule has 0 amide bonds. The van der Waals surface area contributed by atoms with E-state index in [1.807, 2.05) is 20.8 Å². The molecule has 1 aliphatic heterocycles. The summed E-state index contributed by atoms with van der Waals surface area (Å²) in [5.74, 6) is 0.434. The monoisotopic (exact) mass is 321 g/mol. The van der Waals surface area contributed by atoms with Crippen LogP contribution in [0.3, 0.4) is 0 Å². The van der Waals surface area contributed by atoms with Gasteiger partial charge in [0.15, 0.2) is 0 Å². The van der Waals surface area contributed by atoms with E-state index < -0.39 is 23.9 Å². The van der Waals surface area contributed by atoms with Gasteiger partial charge < -0.3 is 25.0 Å². The van der Waals surface area contributed by atoms with Crippen LogP contribution in [0, 0.1) is 5.41 Å². The van der Waals surface area contributed by atoms with E-state index in [1.165, 1.54) is 0 Å². The van der Waals surface area contributed by atoms with E-state index in [2.05, 4.69) is 38.7 Å². The molecule has 5 nitrogen and oxygen atoms in total. The first-order valence-corrected chi connectivity index (χ1v) is 8.11. The third kappa shape index (κ3) is 5.08. The van der Waals surface area contributed by atoms with Crippen molar-refractivity contribution in [1.29, 1.82) is 0 Å². The van der Waals surface area contributed by atoms with Gasteiger partial charge in [-0.2, -0.15) is 12.6 Å². The fraction of sp³-hybridized carbons (Fsp3) is 1.00. The average Bonchev–Trinajstić information content (AvgIpc) is 2.31. The van der Waals surface area contributed by atoms with Gasteiger partial charge in [0, 0.05) is 5.88 Å². The maximum atomic E-state index is 10.7. The van der Waals surface area contributed by atoms with Crippen molar-refractivity contribution < 1.29 is 19.7 Å². The molecule has 0 bridgehead atoms. The van der Waals surface area contributed by atoms with Crippen LogP contribution in [0.1, 0.15) is 41.5 Å². The van der Waals surface area contributed by atoms with Crippen LogP contribution < -0.4 is 5.32 Å². The van der Waals surface area contributed by atoms with Crippen LogP contribution in [-0.2, 0) is 9.47 Å². The van der Waals surface area contributed by atoms with Crippen LogP contribution in [0.15, 0.2) is 0 Å². The van der Waals surface area contributed by atoms with E-state index in [1.54, 1.807) is 0 Å². The zero-order valence-corrected chi connectivity index (χ0v) is 14.9. The number of thiol groups is 1. The zero-order chi connectivity index (χ0) is 16.4. The molecule has 1 saturated heterocycles. The molecule has 1 rings (SSSR count). The van der Waals surface area contributed by atoms with E-state index in [4.69, 9.17) is 9.47 Å². The Bertz CT molecular complexity index is 325. The van der Waals surface area contributed by atoms with Crippen LogP contribution in [0.25, 0.3) is 0 Å². The number of rotatable bonds is 4. The lowest BCUT2D eigenvalue weighted by Crippen LogP contribution is -2.67. The van der Waals surface area contributed by atoms with Gasteiger partial charge in [-0.3, -0.25) is 0 Å². The molecule has 5 atom stereocenters. The van der Waals surface area contributed by atoms with Gasteiger partial charge in [-0.15, -0.1) is 0 Å². The fourth-order valence-corrected chi connectivity index (χ4v) is 2.94. The van der Waals surface area contributed by atoms with E-state index in [9.17, 15) is 10.2 Å². The minimum Gasteiger partial charge on any atom is -0.394 e. The topological polar surface area (TPSA) is 71.0 Å². The molecular formula is C15H31NO4S. The van der Waals surface area contributed by atoms with Gasteiger partial charge in [0.1, 0.15) is 18.3 Å². The zero-order valence-electron chi connectivity index (χ0n) is 14.0. The summed E-state index contributed by atoms with van der Waals surface area (Å²) in [7, 11) is 0. The van der Waals surface area contributed by atoms with Gasteiger partial charge in [0.2, 0.25) is 0 Å². The van der Waals surface area contributed by atoms with Crippen molar-refractivity contribution in [3.8, 4) is 0 Å². The molecule has 0 spiro atoms. The van der Waals surface area contributed by atoms with Crippen molar-refractivity contribution in [2.24, 2.45) is 5.41 Å². The number of nitrogens with one attached hydrogen (secondary N) is 1. The van der Waals surface area contributed by atoms with Crippen molar-refractivity contribution in [3.63, 3.8) is 0 Å². The van der Waals surface area contributed by atoms with Gasteiger partial charge >= 0.3 is 0 Å². The standard InChI is InChI=1S/C15H31NO4S/c1-14(2,3)13-10(16-8-21)11(18)12(9(7-17)19-13)20-15(4,5)6/h9-13,16-18,21H,7-8H2,1-6H3. The Balaban J connectivity index is 3.03. The van der Waals surface area contributed by atoms with Gasteiger partial charge in [0.05, 0.1) is 24.4 Å². The number of aliphatic hydroxyl groups excluding tert-OH is 2. The van der Waals surface area contributed by atoms with Crippen molar-refractivity contribution in [3.05, 3.63) is 0 Å². The second-order valence-electron chi connectivity index (χ2n) is 7.72. The predicted molar refractivity (Wildman–Crippen MR) is 86.6 cm³/mol. The van der Waals surface area contributed by atoms with Crippen molar-refractivity contribution in [2.75, 3.05) is 12.5 Å². The summed E-state index contributed by atoms with van der Waals surface area (Å²) in [6.45, 7) is 11.7. The van der Waals surface area contributed by atoms with Gasteiger partial charge in [-0.05, 0) is 26.2 Å². The normalized spacial score (nSPS) is 35.0. The Morgan fingerprint density at radius 2 is 1.76 bits per heavy atom. The molecule has 126 valence electrons. The highest BCUT2D eigenvalue weighted by Crippen LogP contribution is 2.35. The molecule has 0 aromatic carbocycles. The number of hydrogen-bond donors (Lipinski definition) is 4. The molecule has 1 heterocycles. The Morgan fingerprint density at radius 3 is 2.14 bits per heavy atom. The Morgan fingerprint density at radius 1 is 1.19 bits per heavy atom. The largest absolute Gasteiger partial charge is 0.394 e. The lowest BCUT2D eigenvalue weighted by atomic mass is 9.78. The molecule has 3 N–H and O–H groups in total. The summed E-state index contributed by atoms with van der Waals surface area (Å²) in [5, 5.41) is 23.5. The highest BCUT2D eigenvalue weighted by molar-refractivity contribution is 7.80. The molecule has 0 saturated carbocycles. The van der Waals surface area contributed by atoms with Crippen LogP contribution in [-0.4, -0.2) is 58.8 Å². The van der Waals surface area contributed by atoms with Gasteiger partial charge in [-0.25, -0.2) is 0 Å². The molecule has 1 fully saturated rings. The average molecular weight is 321 g/mol. The molecule has 6 heteroatoms. The first-order chi connectivity index (χ1) is 9.51. The second-order valence-corrected chi connectivity index (χ2v) is 8.03. The van der Waals surface area contributed by atoms with E-state index in [0.29, 0.717) is 5.88 Å². The van der Waals surface area contributed by atoms with Crippen LogP contribution in [0.4, 0.5) is 0 Å². The third-order valence-electron chi connectivity index (χ3n) is 3.57. The van der Waals surface area contributed by atoms with Crippen molar-refractivity contribution in [2.45, 2.75) is 77.6 Å². The molecule has 0 radical (unpaired) electrons. The highest BCUT2D eigenvalue weighted by Gasteiger charge is 2.49. The summed E-state index contributed by atoms with van der Waals surface area (Å²) in [6.07, 6.45) is -2.13. The first-order valence-electron chi connectivity index (χ1n) is 7.47. The van der Waals surface area contributed by atoms with Crippen molar-refractivity contribution in [1.82, 2.24) is 5.32 Å². The molecule has 1 aliphatic rings. The summed E-state index contributed by atoms with van der Waals surface area (Å²) in [5.41, 5.74) is -0.607. The summed E-state index contributed by atoms with van der Waals surface area (Å²) >= 11 is 4.20. The Kier molecular flexibility index (Phi) is 6.54. The summed E-state index contributed by atoms with van der Waals surface area (Å²) in [4.78, 5) is 0. The number of hydrogen-bond acceptors (Lipinski definition) is 6. The number of ether oxygens (including phenoxy) is 2. The van der Waals surface area contributed by atoms with Crippen LogP contribution in [0.2, 0.25) is 0 Å². The first kappa shape index (κ1) is 19.2. The summed E-state index contributed by atoms with van der Waals surface area (Å²) in [6, 6.07) is -0.294. The quantitative estimate of drug-likeness (QED) is 0.462.